The predicted molar refractivity (Wildman–Crippen MR) is 83.0 cm³/mol. The van der Waals surface area contributed by atoms with E-state index in [0.717, 1.165) is 22.3 Å². The standard InChI is InChI=1S/C17H18OSi/c1-11-9-10-13-12-7-5-6-8-14(12)16(18)15(13)17(11)19(2,3)4/h5-10H,1-4H3. The molecule has 0 aromatic heterocycles. The fraction of sp³-hybridized carbons (Fsp3) is 0.235. The first-order valence-corrected chi connectivity index (χ1v) is 10.2. The zero-order valence-electron chi connectivity index (χ0n) is 11.9. The molecule has 1 aliphatic rings. The van der Waals surface area contributed by atoms with E-state index in [0.29, 0.717) is 0 Å². The van der Waals surface area contributed by atoms with Crippen molar-refractivity contribution in [2.24, 2.45) is 0 Å². The zero-order chi connectivity index (χ0) is 13.8. The van der Waals surface area contributed by atoms with Gasteiger partial charge in [-0.2, -0.15) is 0 Å². The number of benzene rings is 2. The van der Waals surface area contributed by atoms with E-state index in [2.05, 4.69) is 44.8 Å². The predicted octanol–water partition coefficient (Wildman–Crippen LogP) is 3.75. The van der Waals surface area contributed by atoms with Gasteiger partial charge in [-0.05, 0) is 23.2 Å². The molecular weight excluding hydrogens is 248 g/mol. The highest BCUT2D eigenvalue weighted by Gasteiger charge is 2.33. The third kappa shape index (κ3) is 1.71. The Morgan fingerprint density at radius 3 is 2.11 bits per heavy atom. The molecule has 1 nitrogen and oxygen atoms in total. The van der Waals surface area contributed by atoms with E-state index in [1.165, 1.54) is 10.8 Å². The largest absolute Gasteiger partial charge is 0.289 e. The van der Waals surface area contributed by atoms with Crippen LogP contribution in [0, 0.1) is 6.92 Å². The lowest BCUT2D eigenvalue weighted by Gasteiger charge is -2.22. The highest BCUT2D eigenvalue weighted by molar-refractivity contribution is 6.90. The number of carbonyl (C=O) groups excluding carboxylic acids is 1. The van der Waals surface area contributed by atoms with Crippen LogP contribution < -0.4 is 5.19 Å². The first kappa shape index (κ1) is 12.4. The van der Waals surface area contributed by atoms with E-state index in [4.69, 9.17) is 0 Å². The van der Waals surface area contributed by atoms with Gasteiger partial charge in [0.2, 0.25) is 0 Å². The first-order valence-electron chi connectivity index (χ1n) is 6.69. The SMILES string of the molecule is Cc1ccc2c(c1[Si](C)(C)C)C(=O)c1ccccc1-2. The van der Waals surface area contributed by atoms with Crippen molar-refractivity contribution < 1.29 is 4.79 Å². The fourth-order valence-electron chi connectivity index (χ4n) is 3.18. The summed E-state index contributed by atoms with van der Waals surface area (Å²) in [6.45, 7) is 9.06. The Balaban J connectivity index is 2.39. The number of rotatable bonds is 1. The number of fused-ring (bicyclic) bond motifs is 3. The van der Waals surface area contributed by atoms with Gasteiger partial charge in [0.15, 0.2) is 5.78 Å². The molecule has 0 heterocycles. The van der Waals surface area contributed by atoms with Crippen LogP contribution >= 0.6 is 0 Å². The molecule has 2 aromatic carbocycles. The van der Waals surface area contributed by atoms with Crippen molar-refractivity contribution in [3.63, 3.8) is 0 Å². The van der Waals surface area contributed by atoms with Crippen molar-refractivity contribution in [1.82, 2.24) is 0 Å². The molecule has 19 heavy (non-hydrogen) atoms. The van der Waals surface area contributed by atoms with Crippen molar-refractivity contribution in [2.45, 2.75) is 26.6 Å². The Hall–Kier alpha value is -1.67. The smallest absolute Gasteiger partial charge is 0.194 e. The maximum atomic E-state index is 12.7. The molecule has 0 saturated carbocycles. The Kier molecular flexibility index (Phi) is 2.54. The Bertz CT molecular complexity index is 693. The van der Waals surface area contributed by atoms with Crippen LogP contribution in [0.5, 0.6) is 0 Å². The van der Waals surface area contributed by atoms with Gasteiger partial charge in [0, 0.05) is 11.1 Å². The number of ketones is 1. The van der Waals surface area contributed by atoms with Crippen LogP contribution in [0.1, 0.15) is 21.5 Å². The molecule has 0 saturated heterocycles. The average molecular weight is 266 g/mol. The van der Waals surface area contributed by atoms with Crippen LogP contribution in [0.25, 0.3) is 11.1 Å². The summed E-state index contributed by atoms with van der Waals surface area (Å²) in [6, 6.07) is 12.2. The van der Waals surface area contributed by atoms with Crippen LogP contribution in [0.4, 0.5) is 0 Å². The highest BCUT2D eigenvalue weighted by atomic mass is 28.3. The van der Waals surface area contributed by atoms with Crippen LogP contribution in [0.15, 0.2) is 36.4 Å². The van der Waals surface area contributed by atoms with Gasteiger partial charge in [0.05, 0.1) is 8.07 Å². The minimum absolute atomic E-state index is 0.215. The quantitative estimate of drug-likeness (QED) is 0.613. The number of hydrogen-bond acceptors (Lipinski definition) is 1. The lowest BCUT2D eigenvalue weighted by molar-refractivity contribution is 0.104. The Morgan fingerprint density at radius 1 is 0.842 bits per heavy atom. The molecule has 2 heteroatoms. The van der Waals surface area contributed by atoms with Crippen LogP contribution in [-0.2, 0) is 0 Å². The summed E-state index contributed by atoms with van der Waals surface area (Å²) in [5, 5.41) is 1.33. The second-order valence-corrected chi connectivity index (χ2v) is 11.3. The lowest BCUT2D eigenvalue weighted by Crippen LogP contribution is -2.42. The molecule has 0 amide bonds. The molecule has 0 bridgehead atoms. The van der Waals surface area contributed by atoms with Crippen LogP contribution in [0.3, 0.4) is 0 Å². The van der Waals surface area contributed by atoms with Gasteiger partial charge in [-0.25, -0.2) is 0 Å². The van der Waals surface area contributed by atoms with Gasteiger partial charge in [0.25, 0.3) is 0 Å². The first-order chi connectivity index (χ1) is 8.91. The third-order valence-electron chi connectivity index (χ3n) is 3.85. The molecule has 0 unspecified atom stereocenters. The second-order valence-electron chi connectivity index (χ2n) is 6.30. The van der Waals surface area contributed by atoms with Gasteiger partial charge < -0.3 is 0 Å². The summed E-state index contributed by atoms with van der Waals surface area (Å²) in [4.78, 5) is 12.7. The summed E-state index contributed by atoms with van der Waals surface area (Å²) in [7, 11) is -1.54. The molecular formula is C17H18OSi. The lowest BCUT2D eigenvalue weighted by atomic mass is 10.0. The number of hydrogen-bond donors (Lipinski definition) is 0. The molecule has 0 radical (unpaired) electrons. The maximum absolute atomic E-state index is 12.7. The molecule has 2 aromatic rings. The van der Waals surface area contributed by atoms with Crippen molar-refractivity contribution in [1.29, 1.82) is 0 Å². The van der Waals surface area contributed by atoms with Crippen molar-refractivity contribution >= 4 is 19.0 Å². The molecule has 0 spiro atoms. The van der Waals surface area contributed by atoms with E-state index in [1.807, 2.05) is 18.2 Å². The monoisotopic (exact) mass is 266 g/mol. The van der Waals surface area contributed by atoms with E-state index in [9.17, 15) is 4.79 Å². The van der Waals surface area contributed by atoms with Crippen molar-refractivity contribution in [3.8, 4) is 11.1 Å². The molecule has 1 aliphatic carbocycles. The maximum Gasteiger partial charge on any atom is 0.194 e. The highest BCUT2D eigenvalue weighted by Crippen LogP contribution is 2.36. The van der Waals surface area contributed by atoms with Crippen LogP contribution in [0.2, 0.25) is 19.6 Å². The number of carbonyl (C=O) groups is 1. The fourth-order valence-corrected chi connectivity index (χ4v) is 5.45. The summed E-state index contributed by atoms with van der Waals surface area (Å²) >= 11 is 0. The van der Waals surface area contributed by atoms with E-state index in [1.54, 1.807) is 0 Å². The molecule has 3 rings (SSSR count). The summed E-state index contributed by atoms with van der Waals surface area (Å²) in [6.07, 6.45) is 0. The molecule has 0 aliphatic heterocycles. The summed E-state index contributed by atoms with van der Waals surface area (Å²) in [5.74, 6) is 0.215. The Labute approximate surface area is 115 Å². The molecule has 0 N–H and O–H groups in total. The number of aryl methyl sites for hydroxylation is 1. The minimum atomic E-state index is -1.54. The average Bonchev–Trinajstić information content (AvgIpc) is 2.62. The molecule has 0 atom stereocenters. The van der Waals surface area contributed by atoms with Gasteiger partial charge >= 0.3 is 0 Å². The second kappa shape index (κ2) is 3.91. The van der Waals surface area contributed by atoms with Gasteiger partial charge in [-0.1, -0.05) is 61.6 Å². The minimum Gasteiger partial charge on any atom is -0.289 e. The van der Waals surface area contributed by atoms with Gasteiger partial charge in [0.1, 0.15) is 0 Å². The third-order valence-corrected chi connectivity index (χ3v) is 6.00. The van der Waals surface area contributed by atoms with E-state index >= 15 is 0 Å². The molecule has 96 valence electrons. The zero-order valence-corrected chi connectivity index (χ0v) is 12.9. The van der Waals surface area contributed by atoms with Crippen LogP contribution in [-0.4, -0.2) is 13.9 Å². The summed E-state index contributed by atoms with van der Waals surface area (Å²) < 4.78 is 0. The van der Waals surface area contributed by atoms with Gasteiger partial charge in [-0.3, -0.25) is 4.79 Å². The topological polar surface area (TPSA) is 17.1 Å². The summed E-state index contributed by atoms with van der Waals surface area (Å²) in [5.41, 5.74) is 5.33. The molecule has 0 fully saturated rings. The normalized spacial score (nSPS) is 13.4. The van der Waals surface area contributed by atoms with Crippen molar-refractivity contribution in [2.75, 3.05) is 0 Å². The van der Waals surface area contributed by atoms with E-state index in [-0.39, 0.29) is 5.78 Å². The van der Waals surface area contributed by atoms with E-state index < -0.39 is 8.07 Å². The van der Waals surface area contributed by atoms with Gasteiger partial charge in [-0.15, -0.1) is 0 Å². The van der Waals surface area contributed by atoms with Crippen molar-refractivity contribution in [3.05, 3.63) is 53.1 Å². The Morgan fingerprint density at radius 2 is 1.47 bits per heavy atom.